The van der Waals surface area contributed by atoms with E-state index in [0.717, 1.165) is 11.3 Å². The van der Waals surface area contributed by atoms with Gasteiger partial charge in [-0.1, -0.05) is 18.2 Å². The number of fused-ring (bicyclic) bond motifs is 1. The lowest BCUT2D eigenvalue weighted by atomic mass is 9.97. The average molecular weight is 192 g/mol. The van der Waals surface area contributed by atoms with Crippen molar-refractivity contribution in [1.29, 1.82) is 0 Å². The fraction of sp³-hybridized carbons (Fsp3) is 0.364. The second-order valence-corrected chi connectivity index (χ2v) is 3.36. The molecule has 3 nitrogen and oxygen atoms in total. The Kier molecular flexibility index (Phi) is 2.15. The lowest BCUT2D eigenvalue weighted by Crippen LogP contribution is -2.23. The standard InChI is InChI=1S/C11H12O3/c1-7-10(11(12)13-2)8-5-3-4-6-9(8)14-7/h3-7,10H,1-2H3/t7-,10-/m1/s1. The van der Waals surface area contributed by atoms with Crippen molar-refractivity contribution in [2.75, 3.05) is 7.11 Å². The fourth-order valence-corrected chi connectivity index (χ4v) is 1.81. The highest BCUT2D eigenvalue weighted by molar-refractivity contribution is 5.81. The molecule has 0 amide bonds. The van der Waals surface area contributed by atoms with Crippen molar-refractivity contribution in [3.8, 4) is 5.75 Å². The van der Waals surface area contributed by atoms with Crippen LogP contribution in [0.2, 0.25) is 0 Å². The van der Waals surface area contributed by atoms with Crippen molar-refractivity contribution in [3.63, 3.8) is 0 Å². The molecule has 0 N–H and O–H groups in total. The van der Waals surface area contributed by atoms with Crippen LogP contribution in [0.3, 0.4) is 0 Å². The molecular weight excluding hydrogens is 180 g/mol. The topological polar surface area (TPSA) is 35.5 Å². The van der Waals surface area contributed by atoms with Gasteiger partial charge in [-0.2, -0.15) is 0 Å². The lowest BCUT2D eigenvalue weighted by molar-refractivity contribution is -0.143. The van der Waals surface area contributed by atoms with Crippen LogP contribution in [0.15, 0.2) is 24.3 Å². The van der Waals surface area contributed by atoms with Crippen molar-refractivity contribution in [3.05, 3.63) is 29.8 Å². The third-order valence-electron chi connectivity index (χ3n) is 2.49. The normalized spacial score (nSPS) is 23.9. The molecule has 0 saturated carbocycles. The molecule has 0 saturated heterocycles. The van der Waals surface area contributed by atoms with E-state index >= 15 is 0 Å². The van der Waals surface area contributed by atoms with Gasteiger partial charge < -0.3 is 9.47 Å². The molecular formula is C11H12O3. The van der Waals surface area contributed by atoms with Gasteiger partial charge in [0.15, 0.2) is 0 Å². The van der Waals surface area contributed by atoms with Gasteiger partial charge in [0.25, 0.3) is 0 Å². The summed E-state index contributed by atoms with van der Waals surface area (Å²) in [6, 6.07) is 7.57. The number of hydrogen-bond donors (Lipinski definition) is 0. The average Bonchev–Trinajstić information content (AvgIpc) is 2.53. The Hall–Kier alpha value is -1.51. The van der Waals surface area contributed by atoms with Crippen LogP contribution in [0.1, 0.15) is 18.4 Å². The number of para-hydroxylation sites is 1. The van der Waals surface area contributed by atoms with Gasteiger partial charge in [0, 0.05) is 5.56 Å². The molecule has 0 radical (unpaired) electrons. The van der Waals surface area contributed by atoms with E-state index in [1.807, 2.05) is 31.2 Å². The molecule has 0 unspecified atom stereocenters. The first-order chi connectivity index (χ1) is 6.74. The monoisotopic (exact) mass is 192 g/mol. The third-order valence-corrected chi connectivity index (χ3v) is 2.49. The zero-order valence-corrected chi connectivity index (χ0v) is 8.19. The molecule has 0 aliphatic carbocycles. The van der Waals surface area contributed by atoms with Crippen molar-refractivity contribution in [2.24, 2.45) is 0 Å². The summed E-state index contributed by atoms with van der Waals surface area (Å²) in [4.78, 5) is 11.5. The van der Waals surface area contributed by atoms with Crippen LogP contribution in [0.5, 0.6) is 5.75 Å². The molecule has 2 rings (SSSR count). The van der Waals surface area contributed by atoms with Crippen LogP contribution < -0.4 is 4.74 Å². The van der Waals surface area contributed by atoms with Gasteiger partial charge >= 0.3 is 5.97 Å². The maximum absolute atomic E-state index is 11.5. The Bertz CT molecular complexity index is 359. The number of ether oxygens (including phenoxy) is 2. The van der Waals surface area contributed by atoms with E-state index in [-0.39, 0.29) is 18.0 Å². The SMILES string of the molecule is COC(=O)[C@H]1c2ccccc2O[C@@H]1C. The van der Waals surface area contributed by atoms with Gasteiger partial charge in [-0.3, -0.25) is 4.79 Å². The summed E-state index contributed by atoms with van der Waals surface area (Å²) in [5.74, 6) is 0.272. The summed E-state index contributed by atoms with van der Waals surface area (Å²) in [5, 5.41) is 0. The van der Waals surface area contributed by atoms with Crippen molar-refractivity contribution < 1.29 is 14.3 Å². The predicted molar refractivity (Wildman–Crippen MR) is 51.3 cm³/mol. The molecule has 14 heavy (non-hydrogen) atoms. The molecule has 0 spiro atoms. The van der Waals surface area contributed by atoms with E-state index in [9.17, 15) is 4.79 Å². The van der Waals surface area contributed by atoms with E-state index in [1.54, 1.807) is 0 Å². The molecule has 1 aliphatic rings. The minimum Gasteiger partial charge on any atom is -0.489 e. The van der Waals surface area contributed by atoms with Crippen LogP contribution in [-0.2, 0) is 9.53 Å². The highest BCUT2D eigenvalue weighted by Gasteiger charge is 2.37. The Morgan fingerprint density at radius 2 is 2.14 bits per heavy atom. The lowest BCUT2D eigenvalue weighted by Gasteiger charge is -2.11. The molecule has 74 valence electrons. The maximum atomic E-state index is 11.5. The summed E-state index contributed by atoms with van der Waals surface area (Å²) in [6.07, 6.45) is -0.139. The van der Waals surface area contributed by atoms with Crippen molar-refractivity contribution in [1.82, 2.24) is 0 Å². The van der Waals surface area contributed by atoms with Gasteiger partial charge in [-0.15, -0.1) is 0 Å². The van der Waals surface area contributed by atoms with Gasteiger partial charge in [0.2, 0.25) is 0 Å². The number of hydrogen-bond acceptors (Lipinski definition) is 3. The maximum Gasteiger partial charge on any atom is 0.317 e. The first kappa shape index (κ1) is 9.06. The minimum atomic E-state index is -0.281. The zero-order valence-electron chi connectivity index (χ0n) is 8.19. The number of carbonyl (C=O) groups excluding carboxylic acids is 1. The molecule has 1 aliphatic heterocycles. The third kappa shape index (κ3) is 1.25. The van der Waals surface area contributed by atoms with Gasteiger partial charge in [0.05, 0.1) is 7.11 Å². The number of benzene rings is 1. The number of methoxy groups -OCH3 is 1. The smallest absolute Gasteiger partial charge is 0.317 e. The Morgan fingerprint density at radius 1 is 1.43 bits per heavy atom. The van der Waals surface area contributed by atoms with Gasteiger partial charge in [0.1, 0.15) is 17.8 Å². The first-order valence-electron chi connectivity index (χ1n) is 4.57. The predicted octanol–water partition coefficient (Wildman–Crippen LogP) is 1.72. The molecule has 1 aromatic carbocycles. The largest absolute Gasteiger partial charge is 0.489 e. The summed E-state index contributed by atoms with van der Waals surface area (Å²) < 4.78 is 10.3. The second kappa shape index (κ2) is 3.33. The molecule has 1 aromatic rings. The van der Waals surface area contributed by atoms with E-state index < -0.39 is 0 Å². The summed E-state index contributed by atoms with van der Waals surface area (Å²) in [7, 11) is 1.40. The first-order valence-corrected chi connectivity index (χ1v) is 4.57. The molecule has 0 bridgehead atoms. The number of carbonyl (C=O) groups is 1. The number of rotatable bonds is 1. The Labute approximate surface area is 82.6 Å². The Morgan fingerprint density at radius 3 is 2.86 bits per heavy atom. The Balaban J connectivity index is 2.39. The molecule has 2 atom stereocenters. The van der Waals surface area contributed by atoms with Gasteiger partial charge in [-0.05, 0) is 13.0 Å². The molecule has 0 fully saturated rings. The summed E-state index contributed by atoms with van der Waals surface area (Å²) in [6.45, 7) is 1.88. The number of esters is 1. The quantitative estimate of drug-likeness (QED) is 0.635. The molecule has 3 heteroatoms. The van der Waals surface area contributed by atoms with E-state index in [0.29, 0.717) is 0 Å². The minimum absolute atomic E-state index is 0.139. The zero-order chi connectivity index (χ0) is 10.1. The van der Waals surface area contributed by atoms with Crippen LogP contribution >= 0.6 is 0 Å². The van der Waals surface area contributed by atoms with Crippen LogP contribution in [-0.4, -0.2) is 19.2 Å². The van der Waals surface area contributed by atoms with E-state index in [4.69, 9.17) is 9.47 Å². The van der Waals surface area contributed by atoms with Crippen molar-refractivity contribution in [2.45, 2.75) is 18.9 Å². The van der Waals surface area contributed by atoms with E-state index in [2.05, 4.69) is 0 Å². The van der Waals surface area contributed by atoms with Crippen LogP contribution in [0.25, 0.3) is 0 Å². The highest BCUT2D eigenvalue weighted by Crippen LogP contribution is 2.38. The highest BCUT2D eigenvalue weighted by atomic mass is 16.5. The molecule has 1 heterocycles. The second-order valence-electron chi connectivity index (χ2n) is 3.36. The summed E-state index contributed by atoms with van der Waals surface area (Å²) in [5.41, 5.74) is 0.923. The van der Waals surface area contributed by atoms with Crippen molar-refractivity contribution >= 4 is 5.97 Å². The fourth-order valence-electron chi connectivity index (χ4n) is 1.81. The van der Waals surface area contributed by atoms with Crippen LogP contribution in [0, 0.1) is 0 Å². The molecule has 0 aromatic heterocycles. The van der Waals surface area contributed by atoms with Gasteiger partial charge in [-0.25, -0.2) is 0 Å². The van der Waals surface area contributed by atoms with Crippen LogP contribution in [0.4, 0.5) is 0 Å². The summed E-state index contributed by atoms with van der Waals surface area (Å²) >= 11 is 0. The van der Waals surface area contributed by atoms with E-state index in [1.165, 1.54) is 7.11 Å².